The molecule has 2 heterocycles. The SMILES string of the molecule is CNC(=O)C1CCN(C(=O)c2sc(NC(C)=O)nc2CCc2ccc(NC=NC(=O)O)cc2)CC1.NC(=O)O. The largest absolute Gasteiger partial charge is 0.465 e. The van der Waals surface area contributed by atoms with E-state index >= 15 is 0 Å². The Morgan fingerprint density at radius 1 is 1.13 bits per heavy atom. The van der Waals surface area contributed by atoms with Crippen LogP contribution < -0.4 is 21.7 Å². The molecule has 1 aromatic heterocycles. The number of anilines is 2. The Bertz CT molecular complexity index is 1200. The minimum absolute atomic E-state index is 0.00101. The van der Waals surface area contributed by atoms with Crippen molar-refractivity contribution in [3.05, 3.63) is 40.4 Å². The molecule has 1 fully saturated rings. The zero-order valence-electron chi connectivity index (χ0n) is 21.5. The number of hydrogen-bond donors (Lipinski definition) is 6. The number of nitrogens with one attached hydrogen (secondary N) is 3. The second-order valence-corrected chi connectivity index (χ2v) is 9.38. The summed E-state index contributed by atoms with van der Waals surface area (Å²) in [4.78, 5) is 65.9. The first-order valence-electron chi connectivity index (χ1n) is 11.9. The second-order valence-electron chi connectivity index (χ2n) is 8.38. The van der Waals surface area contributed by atoms with E-state index in [0.29, 0.717) is 60.2 Å². The molecule has 1 saturated heterocycles. The Labute approximate surface area is 228 Å². The number of nitrogens with zero attached hydrogens (tertiary/aromatic N) is 3. The highest BCUT2D eigenvalue weighted by molar-refractivity contribution is 7.17. The van der Waals surface area contributed by atoms with Gasteiger partial charge >= 0.3 is 12.2 Å². The van der Waals surface area contributed by atoms with Gasteiger partial charge in [-0.15, -0.1) is 0 Å². The molecular formula is C24H31N7O7S. The van der Waals surface area contributed by atoms with E-state index in [4.69, 9.17) is 15.0 Å². The monoisotopic (exact) mass is 561 g/mol. The van der Waals surface area contributed by atoms with Gasteiger partial charge in [0, 0.05) is 38.7 Å². The molecule has 2 aromatic rings. The quantitative estimate of drug-likeness (QED) is 0.205. The topological polar surface area (TPSA) is 216 Å². The molecule has 15 heteroatoms. The lowest BCUT2D eigenvalue weighted by molar-refractivity contribution is -0.125. The van der Waals surface area contributed by atoms with Crippen molar-refractivity contribution in [2.45, 2.75) is 32.6 Å². The number of aliphatic imine (C=N–C) groups is 1. The fourth-order valence-electron chi connectivity index (χ4n) is 3.78. The first kappa shape index (κ1) is 30.7. The van der Waals surface area contributed by atoms with E-state index in [1.807, 2.05) is 12.1 Å². The van der Waals surface area contributed by atoms with E-state index in [1.165, 1.54) is 6.92 Å². The molecule has 0 spiro atoms. The van der Waals surface area contributed by atoms with Gasteiger partial charge < -0.3 is 36.8 Å². The third kappa shape index (κ3) is 10.4. The Morgan fingerprint density at radius 3 is 2.28 bits per heavy atom. The Hall–Kier alpha value is -4.53. The maximum absolute atomic E-state index is 13.3. The number of benzene rings is 1. The van der Waals surface area contributed by atoms with E-state index < -0.39 is 12.2 Å². The number of amides is 5. The van der Waals surface area contributed by atoms with Crippen molar-refractivity contribution < 1.29 is 34.2 Å². The number of aryl methyl sites for hydroxylation is 2. The number of likely N-dealkylation sites (tertiary alicyclic amines) is 1. The molecule has 3 rings (SSSR count). The third-order valence-electron chi connectivity index (χ3n) is 5.58. The summed E-state index contributed by atoms with van der Waals surface area (Å²) < 4.78 is 0. The number of hydrogen-bond acceptors (Lipinski definition) is 7. The number of carbonyl (C=O) groups is 5. The van der Waals surface area contributed by atoms with Crippen molar-refractivity contribution in [3.63, 3.8) is 0 Å². The summed E-state index contributed by atoms with van der Waals surface area (Å²) in [6.07, 6.45) is 0.819. The van der Waals surface area contributed by atoms with Crippen LogP contribution in [-0.2, 0) is 22.4 Å². The minimum atomic E-state index is -1.33. The van der Waals surface area contributed by atoms with Crippen LogP contribution in [0.5, 0.6) is 0 Å². The maximum Gasteiger partial charge on any atom is 0.432 e. The van der Waals surface area contributed by atoms with Crippen LogP contribution in [0.15, 0.2) is 29.3 Å². The molecule has 39 heavy (non-hydrogen) atoms. The molecule has 14 nitrogen and oxygen atoms in total. The Balaban J connectivity index is 0.00000124. The lowest BCUT2D eigenvalue weighted by Gasteiger charge is -2.31. The van der Waals surface area contributed by atoms with Gasteiger partial charge in [0.1, 0.15) is 4.88 Å². The second kappa shape index (κ2) is 15.0. The first-order valence-corrected chi connectivity index (χ1v) is 12.7. The number of thiazole rings is 1. The first-order chi connectivity index (χ1) is 18.5. The van der Waals surface area contributed by atoms with Crippen LogP contribution in [0.3, 0.4) is 0 Å². The summed E-state index contributed by atoms with van der Waals surface area (Å²) in [5, 5.41) is 24.2. The van der Waals surface area contributed by atoms with Crippen molar-refractivity contribution in [2.24, 2.45) is 16.6 Å². The number of carboxylic acid groups (broad SMARTS) is 2. The van der Waals surface area contributed by atoms with E-state index in [-0.39, 0.29) is 23.6 Å². The van der Waals surface area contributed by atoms with Gasteiger partial charge in [0.05, 0.1) is 12.0 Å². The summed E-state index contributed by atoms with van der Waals surface area (Å²) in [5.74, 6) is -0.487. The molecular weight excluding hydrogens is 530 g/mol. The molecule has 7 N–H and O–H groups in total. The summed E-state index contributed by atoms with van der Waals surface area (Å²) in [5.41, 5.74) is 6.34. The predicted molar refractivity (Wildman–Crippen MR) is 145 cm³/mol. The van der Waals surface area contributed by atoms with Gasteiger partial charge in [-0.25, -0.2) is 14.6 Å². The highest BCUT2D eigenvalue weighted by atomic mass is 32.1. The van der Waals surface area contributed by atoms with Crippen LogP contribution in [0.1, 0.15) is 40.7 Å². The average Bonchev–Trinajstić information content (AvgIpc) is 3.28. The van der Waals surface area contributed by atoms with Crippen LogP contribution in [0.25, 0.3) is 0 Å². The molecule has 210 valence electrons. The molecule has 0 unspecified atom stereocenters. The fraction of sp³-hybridized carbons (Fsp3) is 0.375. The van der Waals surface area contributed by atoms with Crippen molar-refractivity contribution in [1.29, 1.82) is 0 Å². The number of primary amides is 1. The molecule has 0 radical (unpaired) electrons. The number of carbonyl (C=O) groups excluding carboxylic acids is 3. The van der Waals surface area contributed by atoms with E-state index in [9.17, 15) is 19.2 Å². The standard InChI is InChI=1S/C23H28N6O5S.CH3NO2/c1-14(30)27-22-28-18(8-5-15-3-6-17(7-4-15)25-13-26-23(33)34)19(35-22)21(32)29-11-9-16(10-12-29)20(31)24-2;2-1(3)4/h3-4,6-7,13,16H,5,8-12H2,1-2H3,(H,24,31)(H,25,26)(H,33,34)(H,27,28,30);2H2,(H,3,4). The molecule has 1 aromatic carbocycles. The highest BCUT2D eigenvalue weighted by Crippen LogP contribution is 2.28. The van der Waals surface area contributed by atoms with Gasteiger partial charge in [0.15, 0.2) is 5.13 Å². The maximum atomic E-state index is 13.3. The molecule has 0 aliphatic carbocycles. The van der Waals surface area contributed by atoms with Gasteiger partial charge in [-0.1, -0.05) is 23.5 Å². The van der Waals surface area contributed by atoms with Crippen LogP contribution in [0.4, 0.5) is 20.4 Å². The van der Waals surface area contributed by atoms with E-state index in [2.05, 4.69) is 31.7 Å². The smallest absolute Gasteiger partial charge is 0.432 e. The molecule has 0 atom stereocenters. The van der Waals surface area contributed by atoms with Gasteiger partial charge in [-0.2, -0.15) is 4.99 Å². The van der Waals surface area contributed by atoms with Gasteiger partial charge in [-0.3, -0.25) is 14.4 Å². The van der Waals surface area contributed by atoms with Crippen molar-refractivity contribution in [2.75, 3.05) is 30.8 Å². The molecule has 1 aliphatic heterocycles. The summed E-state index contributed by atoms with van der Waals surface area (Å²) in [6.45, 7) is 2.37. The average molecular weight is 562 g/mol. The zero-order valence-corrected chi connectivity index (χ0v) is 22.3. The van der Waals surface area contributed by atoms with E-state index in [0.717, 1.165) is 23.2 Å². The molecule has 1 aliphatic rings. The van der Waals surface area contributed by atoms with Crippen LogP contribution in [0.2, 0.25) is 0 Å². The number of piperidine rings is 1. The summed E-state index contributed by atoms with van der Waals surface area (Å²) in [7, 11) is 1.62. The predicted octanol–water partition coefficient (Wildman–Crippen LogP) is 2.23. The Morgan fingerprint density at radius 2 is 1.74 bits per heavy atom. The van der Waals surface area contributed by atoms with Gasteiger partial charge in [-0.05, 0) is 43.4 Å². The van der Waals surface area contributed by atoms with Crippen molar-refractivity contribution in [1.82, 2.24) is 15.2 Å². The molecule has 0 saturated carbocycles. The lowest BCUT2D eigenvalue weighted by Crippen LogP contribution is -2.42. The normalized spacial score (nSPS) is 13.2. The van der Waals surface area contributed by atoms with E-state index in [1.54, 1.807) is 24.1 Å². The number of rotatable bonds is 8. The summed E-state index contributed by atoms with van der Waals surface area (Å²) in [6, 6.07) is 7.39. The minimum Gasteiger partial charge on any atom is -0.465 e. The molecule has 0 bridgehead atoms. The molecule has 5 amide bonds. The Kier molecular flexibility index (Phi) is 11.8. The van der Waals surface area contributed by atoms with Crippen LogP contribution >= 0.6 is 11.3 Å². The van der Waals surface area contributed by atoms with Crippen molar-refractivity contribution >= 4 is 58.4 Å². The lowest BCUT2D eigenvalue weighted by atomic mass is 9.96. The van der Waals surface area contributed by atoms with Crippen LogP contribution in [-0.4, -0.2) is 76.5 Å². The fourth-order valence-corrected chi connectivity index (χ4v) is 4.80. The van der Waals surface area contributed by atoms with Crippen molar-refractivity contribution in [3.8, 4) is 0 Å². The number of aromatic nitrogens is 1. The summed E-state index contributed by atoms with van der Waals surface area (Å²) >= 11 is 1.16. The zero-order chi connectivity index (χ0) is 28.9. The van der Waals surface area contributed by atoms with Gasteiger partial charge in [0.25, 0.3) is 5.91 Å². The van der Waals surface area contributed by atoms with Gasteiger partial charge in [0.2, 0.25) is 11.8 Å². The number of nitrogens with two attached hydrogens (primary N) is 1. The third-order valence-corrected chi connectivity index (χ3v) is 6.59. The highest BCUT2D eigenvalue weighted by Gasteiger charge is 2.30. The van der Waals surface area contributed by atoms with Crippen LogP contribution in [0, 0.1) is 5.92 Å².